The molecule has 25 heavy (non-hydrogen) atoms. The van der Waals surface area contributed by atoms with E-state index in [9.17, 15) is 14.0 Å². The lowest BCUT2D eigenvalue weighted by Crippen LogP contribution is -2.35. The summed E-state index contributed by atoms with van der Waals surface area (Å²) in [4.78, 5) is 27.1. The summed E-state index contributed by atoms with van der Waals surface area (Å²) in [6, 6.07) is 11.7. The van der Waals surface area contributed by atoms with Crippen molar-refractivity contribution in [2.24, 2.45) is 0 Å². The molecule has 0 spiro atoms. The summed E-state index contributed by atoms with van der Waals surface area (Å²) in [5.41, 5.74) is 1.62. The molecule has 0 bridgehead atoms. The third-order valence-corrected chi connectivity index (χ3v) is 5.03. The number of carbonyl (C=O) groups excluding carboxylic acids is 2. The number of nitrogens with zero attached hydrogens (tertiary/aromatic N) is 1. The van der Waals surface area contributed by atoms with Crippen LogP contribution in [0.1, 0.15) is 29.3 Å². The highest BCUT2D eigenvalue weighted by Crippen LogP contribution is 2.37. The fourth-order valence-corrected chi connectivity index (χ4v) is 3.57. The van der Waals surface area contributed by atoms with Crippen molar-refractivity contribution in [3.63, 3.8) is 0 Å². The van der Waals surface area contributed by atoms with E-state index in [4.69, 9.17) is 0 Å². The van der Waals surface area contributed by atoms with Gasteiger partial charge >= 0.3 is 0 Å². The highest BCUT2D eigenvalue weighted by molar-refractivity contribution is 8.00. The standard InChI is InChI=1S/C19H19FN2O2S/c1-2-9-21-19(24)13-7-8-17-16(10-13)22(18(23)12-25-17)11-14-5-3-4-6-15(14)20/h3-8,10H,2,9,11-12H2,1H3,(H,21,24). The topological polar surface area (TPSA) is 49.4 Å². The third kappa shape index (κ3) is 3.85. The Bertz CT molecular complexity index is 810. The third-order valence-electron chi connectivity index (χ3n) is 3.99. The zero-order chi connectivity index (χ0) is 17.8. The number of halogens is 1. The Morgan fingerprint density at radius 1 is 1.28 bits per heavy atom. The van der Waals surface area contributed by atoms with Gasteiger partial charge in [-0.15, -0.1) is 11.8 Å². The van der Waals surface area contributed by atoms with E-state index in [2.05, 4.69) is 5.32 Å². The van der Waals surface area contributed by atoms with Gasteiger partial charge < -0.3 is 10.2 Å². The molecule has 0 aromatic heterocycles. The summed E-state index contributed by atoms with van der Waals surface area (Å²) in [7, 11) is 0. The van der Waals surface area contributed by atoms with Gasteiger partial charge in [-0.05, 0) is 30.7 Å². The van der Waals surface area contributed by atoms with Crippen LogP contribution in [0.15, 0.2) is 47.4 Å². The van der Waals surface area contributed by atoms with Crippen LogP contribution in [-0.2, 0) is 11.3 Å². The first-order valence-corrected chi connectivity index (χ1v) is 9.17. The maximum Gasteiger partial charge on any atom is 0.251 e. The molecule has 0 saturated heterocycles. The molecule has 6 heteroatoms. The molecule has 1 aliphatic heterocycles. The first kappa shape index (κ1) is 17.5. The number of thioether (sulfide) groups is 1. The highest BCUT2D eigenvalue weighted by atomic mass is 32.2. The lowest BCUT2D eigenvalue weighted by Gasteiger charge is -2.29. The summed E-state index contributed by atoms with van der Waals surface area (Å²) in [5, 5.41) is 2.83. The number of benzene rings is 2. The van der Waals surface area contributed by atoms with Crippen LogP contribution in [0.5, 0.6) is 0 Å². The predicted octanol–water partition coefficient (Wildman–Crippen LogP) is 3.60. The van der Waals surface area contributed by atoms with Gasteiger partial charge in [-0.2, -0.15) is 0 Å². The van der Waals surface area contributed by atoms with Crippen molar-refractivity contribution in [1.29, 1.82) is 0 Å². The molecule has 1 aliphatic rings. The predicted molar refractivity (Wildman–Crippen MR) is 97.4 cm³/mol. The summed E-state index contributed by atoms with van der Waals surface area (Å²) < 4.78 is 14.0. The first-order valence-electron chi connectivity index (χ1n) is 8.19. The van der Waals surface area contributed by atoms with Gasteiger partial charge in [0.05, 0.1) is 18.0 Å². The summed E-state index contributed by atoms with van der Waals surface area (Å²) >= 11 is 1.44. The van der Waals surface area contributed by atoms with Gasteiger partial charge in [-0.25, -0.2) is 4.39 Å². The van der Waals surface area contributed by atoms with Crippen LogP contribution in [0, 0.1) is 5.82 Å². The molecular formula is C19H19FN2O2S. The van der Waals surface area contributed by atoms with E-state index in [1.54, 1.807) is 35.2 Å². The Morgan fingerprint density at radius 2 is 2.08 bits per heavy atom. The zero-order valence-electron chi connectivity index (χ0n) is 13.9. The van der Waals surface area contributed by atoms with Gasteiger partial charge in [0.1, 0.15) is 5.82 Å². The van der Waals surface area contributed by atoms with Crippen molar-refractivity contribution in [3.05, 3.63) is 59.4 Å². The number of fused-ring (bicyclic) bond motifs is 1. The molecule has 0 saturated carbocycles. The Balaban J connectivity index is 1.92. The Hall–Kier alpha value is -2.34. The maximum absolute atomic E-state index is 14.0. The van der Waals surface area contributed by atoms with Crippen molar-refractivity contribution >= 4 is 29.3 Å². The number of hydrogen-bond donors (Lipinski definition) is 1. The van der Waals surface area contributed by atoms with Gasteiger partial charge in [-0.1, -0.05) is 25.1 Å². The smallest absolute Gasteiger partial charge is 0.251 e. The van der Waals surface area contributed by atoms with Gasteiger partial charge in [-0.3, -0.25) is 9.59 Å². The van der Waals surface area contributed by atoms with E-state index >= 15 is 0 Å². The largest absolute Gasteiger partial charge is 0.352 e. The minimum atomic E-state index is -0.341. The summed E-state index contributed by atoms with van der Waals surface area (Å²) in [6.07, 6.45) is 0.852. The van der Waals surface area contributed by atoms with Crippen molar-refractivity contribution in [1.82, 2.24) is 5.32 Å². The minimum absolute atomic E-state index is 0.0909. The van der Waals surface area contributed by atoms with Crippen molar-refractivity contribution in [3.8, 4) is 0 Å². The molecule has 0 radical (unpaired) electrons. The van der Waals surface area contributed by atoms with Crippen LogP contribution < -0.4 is 10.2 Å². The molecule has 2 aromatic rings. The van der Waals surface area contributed by atoms with Crippen molar-refractivity contribution in [2.75, 3.05) is 17.2 Å². The van der Waals surface area contributed by atoms with Crippen LogP contribution in [0.25, 0.3) is 0 Å². The molecule has 2 amide bonds. The number of amides is 2. The average molecular weight is 358 g/mol. The zero-order valence-corrected chi connectivity index (χ0v) is 14.7. The Labute approximate surface area is 150 Å². The molecule has 2 aromatic carbocycles. The molecule has 1 N–H and O–H groups in total. The Morgan fingerprint density at radius 3 is 2.84 bits per heavy atom. The van der Waals surface area contributed by atoms with E-state index in [-0.39, 0.29) is 24.2 Å². The minimum Gasteiger partial charge on any atom is -0.352 e. The van der Waals surface area contributed by atoms with E-state index in [0.717, 1.165) is 11.3 Å². The van der Waals surface area contributed by atoms with Gasteiger partial charge in [0.25, 0.3) is 5.91 Å². The van der Waals surface area contributed by atoms with E-state index < -0.39 is 0 Å². The highest BCUT2D eigenvalue weighted by Gasteiger charge is 2.26. The van der Waals surface area contributed by atoms with Crippen molar-refractivity contribution in [2.45, 2.75) is 24.8 Å². The number of carbonyl (C=O) groups is 2. The SMILES string of the molecule is CCCNC(=O)c1ccc2c(c1)N(Cc1ccccc1F)C(=O)CS2. The van der Waals surface area contributed by atoms with E-state index in [1.165, 1.54) is 17.8 Å². The molecule has 0 aliphatic carbocycles. The second kappa shape index (κ2) is 7.70. The van der Waals surface area contributed by atoms with Crippen molar-refractivity contribution < 1.29 is 14.0 Å². The quantitative estimate of drug-likeness (QED) is 0.888. The van der Waals surface area contributed by atoms with Crippen LogP contribution in [0.4, 0.5) is 10.1 Å². The van der Waals surface area contributed by atoms with Crippen LogP contribution in [0.3, 0.4) is 0 Å². The molecule has 0 fully saturated rings. The van der Waals surface area contributed by atoms with Crippen LogP contribution in [0.2, 0.25) is 0 Å². The number of anilines is 1. The summed E-state index contributed by atoms with van der Waals surface area (Å²) in [6.45, 7) is 2.74. The van der Waals surface area contributed by atoms with Gasteiger partial charge in [0, 0.05) is 22.6 Å². The first-order chi connectivity index (χ1) is 12.1. The lowest BCUT2D eigenvalue weighted by atomic mass is 10.1. The normalized spacial score (nSPS) is 13.5. The monoisotopic (exact) mass is 358 g/mol. The molecule has 0 unspecified atom stereocenters. The molecule has 3 rings (SSSR count). The number of nitrogens with one attached hydrogen (secondary N) is 1. The van der Waals surface area contributed by atoms with Gasteiger partial charge in [0.15, 0.2) is 0 Å². The lowest BCUT2D eigenvalue weighted by molar-refractivity contribution is -0.116. The van der Waals surface area contributed by atoms with Gasteiger partial charge in [0.2, 0.25) is 5.91 Å². The number of hydrogen-bond acceptors (Lipinski definition) is 3. The second-order valence-electron chi connectivity index (χ2n) is 5.80. The maximum atomic E-state index is 14.0. The molecule has 130 valence electrons. The fraction of sp³-hybridized carbons (Fsp3) is 0.263. The average Bonchev–Trinajstić information content (AvgIpc) is 2.63. The van der Waals surface area contributed by atoms with E-state index in [1.807, 2.05) is 13.0 Å². The molecule has 4 nitrogen and oxygen atoms in total. The van der Waals surface area contributed by atoms with Crippen LogP contribution in [-0.4, -0.2) is 24.1 Å². The van der Waals surface area contributed by atoms with E-state index in [0.29, 0.717) is 29.1 Å². The molecular weight excluding hydrogens is 339 g/mol. The fourth-order valence-electron chi connectivity index (χ4n) is 2.65. The second-order valence-corrected chi connectivity index (χ2v) is 6.82. The summed E-state index contributed by atoms with van der Waals surface area (Å²) in [5.74, 6) is -0.291. The molecule has 1 heterocycles. The van der Waals surface area contributed by atoms with Crippen LogP contribution >= 0.6 is 11.8 Å². The number of rotatable bonds is 5. The Kier molecular flexibility index (Phi) is 5.38. The molecule has 0 atom stereocenters.